The van der Waals surface area contributed by atoms with Gasteiger partial charge in [0.25, 0.3) is 0 Å². The minimum atomic E-state index is -3.44. The summed E-state index contributed by atoms with van der Waals surface area (Å²) in [4.78, 5) is 2.05. The van der Waals surface area contributed by atoms with Crippen LogP contribution in [-0.2, 0) is 10.0 Å². The highest BCUT2D eigenvalue weighted by Crippen LogP contribution is 2.27. The maximum atomic E-state index is 11.0. The fourth-order valence-corrected chi connectivity index (χ4v) is 3.89. The maximum absolute atomic E-state index is 11.0. The van der Waals surface area contributed by atoms with E-state index in [2.05, 4.69) is 10.2 Å². The first-order chi connectivity index (χ1) is 11.7. The normalized spacial score (nSPS) is 13.4. The summed E-state index contributed by atoms with van der Waals surface area (Å²) in [6.07, 6.45) is 0.454. The Kier molecular flexibility index (Phi) is 6.86. The quantitative estimate of drug-likeness (QED) is 0.537. The number of rotatable bonds is 8. The first-order valence-electron chi connectivity index (χ1n) is 7.70. The van der Waals surface area contributed by atoms with Crippen molar-refractivity contribution in [3.63, 3.8) is 0 Å². The molecule has 1 heterocycles. The average molecular weight is 404 g/mol. The molecule has 7 nitrogen and oxygen atoms in total. The van der Waals surface area contributed by atoms with Crippen molar-refractivity contribution < 1.29 is 8.42 Å². The van der Waals surface area contributed by atoms with Crippen LogP contribution in [0.5, 0.6) is 0 Å². The second kappa shape index (κ2) is 8.50. The molecule has 2 rings (SSSR count). The van der Waals surface area contributed by atoms with Crippen molar-refractivity contribution in [3.05, 3.63) is 35.1 Å². The number of nitrogens with zero attached hydrogens (tertiary/aromatic N) is 4. The van der Waals surface area contributed by atoms with E-state index >= 15 is 0 Å². The van der Waals surface area contributed by atoms with Gasteiger partial charge in [0.2, 0.25) is 10.0 Å². The summed E-state index contributed by atoms with van der Waals surface area (Å²) in [5, 5.41) is 15.0. The molecule has 10 heteroatoms. The standard InChI is InChI=1S/C15H22ClN5O2S2/c1-11(20(2)3)14-18-19-15(24-9-4-10-25(17,22)23)21(14)13-7-5-12(16)6-8-13/h5-8,11H,4,9-10H2,1-3H3,(H2,17,22,23). The molecule has 25 heavy (non-hydrogen) atoms. The van der Waals surface area contributed by atoms with E-state index in [0.717, 1.165) is 11.5 Å². The Morgan fingerprint density at radius 3 is 2.48 bits per heavy atom. The summed E-state index contributed by atoms with van der Waals surface area (Å²) in [6, 6.07) is 7.51. The second-order valence-electron chi connectivity index (χ2n) is 5.86. The van der Waals surface area contributed by atoms with Crippen LogP contribution in [0.4, 0.5) is 0 Å². The summed E-state index contributed by atoms with van der Waals surface area (Å²) >= 11 is 7.44. The summed E-state index contributed by atoms with van der Waals surface area (Å²) in [6.45, 7) is 2.05. The lowest BCUT2D eigenvalue weighted by Crippen LogP contribution is -2.20. The van der Waals surface area contributed by atoms with Crippen LogP contribution in [0, 0.1) is 0 Å². The van der Waals surface area contributed by atoms with E-state index in [-0.39, 0.29) is 11.8 Å². The van der Waals surface area contributed by atoms with Gasteiger partial charge in [-0.25, -0.2) is 13.6 Å². The zero-order valence-corrected chi connectivity index (χ0v) is 16.8. The van der Waals surface area contributed by atoms with Crippen LogP contribution in [0.25, 0.3) is 5.69 Å². The zero-order chi connectivity index (χ0) is 18.6. The number of benzene rings is 1. The Morgan fingerprint density at radius 2 is 1.92 bits per heavy atom. The molecule has 2 aromatic rings. The lowest BCUT2D eigenvalue weighted by atomic mass is 10.2. The molecule has 0 aliphatic carbocycles. The molecule has 0 aliphatic rings. The van der Waals surface area contributed by atoms with E-state index in [0.29, 0.717) is 22.4 Å². The molecule has 138 valence electrons. The molecule has 0 saturated heterocycles. The molecule has 0 amide bonds. The van der Waals surface area contributed by atoms with Gasteiger partial charge in [-0.2, -0.15) is 0 Å². The molecule has 0 aliphatic heterocycles. The number of nitrogens with two attached hydrogens (primary N) is 1. The predicted molar refractivity (Wildman–Crippen MR) is 102 cm³/mol. The third-order valence-corrected chi connectivity index (χ3v) is 5.82. The van der Waals surface area contributed by atoms with E-state index in [1.807, 2.05) is 54.8 Å². The largest absolute Gasteiger partial charge is 0.300 e. The van der Waals surface area contributed by atoms with Gasteiger partial charge >= 0.3 is 0 Å². The number of primary sulfonamides is 1. The first-order valence-corrected chi connectivity index (χ1v) is 10.8. The Bertz CT molecular complexity index is 806. The molecule has 1 aromatic heterocycles. The van der Waals surface area contributed by atoms with Gasteiger partial charge in [-0.15, -0.1) is 10.2 Å². The van der Waals surface area contributed by atoms with Crippen LogP contribution in [0.15, 0.2) is 29.4 Å². The van der Waals surface area contributed by atoms with Gasteiger partial charge in [0, 0.05) is 16.5 Å². The number of sulfonamides is 1. The first kappa shape index (κ1) is 20.2. The Morgan fingerprint density at radius 1 is 1.28 bits per heavy atom. The molecule has 0 radical (unpaired) electrons. The van der Waals surface area contributed by atoms with E-state index in [1.54, 1.807) is 0 Å². The van der Waals surface area contributed by atoms with Gasteiger partial charge in [-0.1, -0.05) is 23.4 Å². The molecule has 0 bridgehead atoms. The highest BCUT2D eigenvalue weighted by Gasteiger charge is 2.21. The molecule has 0 saturated carbocycles. The van der Waals surface area contributed by atoms with Crippen LogP contribution in [-0.4, -0.2) is 53.7 Å². The van der Waals surface area contributed by atoms with Crippen molar-refractivity contribution in [2.75, 3.05) is 25.6 Å². The van der Waals surface area contributed by atoms with Gasteiger partial charge in [0.15, 0.2) is 11.0 Å². The lowest BCUT2D eigenvalue weighted by molar-refractivity contribution is 0.305. The van der Waals surface area contributed by atoms with E-state index in [4.69, 9.17) is 16.7 Å². The summed E-state index contributed by atoms with van der Waals surface area (Å²) < 4.78 is 24.1. The third-order valence-electron chi connectivity index (χ3n) is 3.70. The van der Waals surface area contributed by atoms with Gasteiger partial charge in [-0.3, -0.25) is 9.47 Å². The van der Waals surface area contributed by atoms with Crippen molar-refractivity contribution in [3.8, 4) is 5.69 Å². The molecular weight excluding hydrogens is 382 g/mol. The average Bonchev–Trinajstić information content (AvgIpc) is 2.94. The number of hydrogen-bond donors (Lipinski definition) is 1. The molecular formula is C15H22ClN5O2S2. The minimum absolute atomic E-state index is 0.0456. The van der Waals surface area contributed by atoms with Crippen LogP contribution in [0.3, 0.4) is 0 Å². The second-order valence-corrected chi connectivity index (χ2v) is 9.09. The minimum Gasteiger partial charge on any atom is -0.300 e. The van der Waals surface area contributed by atoms with Gasteiger partial charge in [0.1, 0.15) is 0 Å². The van der Waals surface area contributed by atoms with Crippen LogP contribution < -0.4 is 5.14 Å². The Hall–Kier alpha value is -1.13. The van der Waals surface area contributed by atoms with Crippen molar-refractivity contribution >= 4 is 33.4 Å². The van der Waals surface area contributed by atoms with Gasteiger partial charge < -0.3 is 0 Å². The lowest BCUT2D eigenvalue weighted by Gasteiger charge is -2.20. The Balaban J connectivity index is 2.28. The summed E-state index contributed by atoms with van der Waals surface area (Å²) in [7, 11) is 0.511. The van der Waals surface area contributed by atoms with Crippen molar-refractivity contribution in [2.45, 2.75) is 24.5 Å². The SMILES string of the molecule is CC(c1nnc(SCCCS(N)(=O)=O)n1-c1ccc(Cl)cc1)N(C)C. The number of hydrogen-bond acceptors (Lipinski definition) is 6. The number of aromatic nitrogens is 3. The van der Waals surface area contributed by atoms with Crippen molar-refractivity contribution in [1.82, 2.24) is 19.7 Å². The molecule has 1 aromatic carbocycles. The van der Waals surface area contributed by atoms with Crippen molar-refractivity contribution in [2.24, 2.45) is 5.14 Å². The van der Waals surface area contributed by atoms with Crippen LogP contribution in [0.2, 0.25) is 5.02 Å². The van der Waals surface area contributed by atoms with E-state index < -0.39 is 10.0 Å². The highest BCUT2D eigenvalue weighted by atomic mass is 35.5. The summed E-state index contributed by atoms with van der Waals surface area (Å²) in [5.74, 6) is 1.34. The van der Waals surface area contributed by atoms with Gasteiger partial charge in [-0.05, 0) is 51.7 Å². The van der Waals surface area contributed by atoms with Crippen LogP contribution >= 0.6 is 23.4 Å². The zero-order valence-electron chi connectivity index (χ0n) is 14.4. The van der Waals surface area contributed by atoms with Gasteiger partial charge in [0.05, 0.1) is 11.8 Å². The molecule has 0 spiro atoms. The van der Waals surface area contributed by atoms with Crippen LogP contribution in [0.1, 0.15) is 25.2 Å². The fourth-order valence-electron chi connectivity index (χ4n) is 2.13. The molecule has 1 unspecified atom stereocenters. The van der Waals surface area contributed by atoms with Crippen molar-refractivity contribution in [1.29, 1.82) is 0 Å². The van der Waals surface area contributed by atoms with E-state index in [9.17, 15) is 8.42 Å². The predicted octanol–water partition coefficient (Wildman–Crippen LogP) is 2.31. The third kappa shape index (κ3) is 5.68. The highest BCUT2D eigenvalue weighted by molar-refractivity contribution is 7.99. The van der Waals surface area contributed by atoms with E-state index in [1.165, 1.54) is 11.8 Å². The monoisotopic (exact) mass is 403 g/mol. The Labute approximate surface area is 157 Å². The smallest absolute Gasteiger partial charge is 0.209 e. The summed E-state index contributed by atoms with van der Waals surface area (Å²) in [5.41, 5.74) is 0.909. The number of halogens is 1. The maximum Gasteiger partial charge on any atom is 0.209 e. The molecule has 2 N–H and O–H groups in total. The number of thioether (sulfide) groups is 1. The fraction of sp³-hybridized carbons (Fsp3) is 0.467. The molecule has 0 fully saturated rings. The topological polar surface area (TPSA) is 94.1 Å². The molecule has 1 atom stereocenters.